The fourth-order valence-corrected chi connectivity index (χ4v) is 4.31. The maximum Gasteiger partial charge on any atom is 0.255 e. The number of amides is 1. The van der Waals surface area contributed by atoms with Gasteiger partial charge >= 0.3 is 0 Å². The Bertz CT molecular complexity index is 1370. The minimum Gasteiger partial charge on any atom is -0.496 e. The van der Waals surface area contributed by atoms with Gasteiger partial charge in [-0.2, -0.15) is 5.10 Å². The average molecular weight is 534 g/mol. The molecule has 0 saturated heterocycles. The Hall–Kier alpha value is -3.82. The molecule has 0 aliphatic carbocycles. The maximum atomic E-state index is 13.4. The molecule has 0 fully saturated rings. The molecule has 9 nitrogen and oxygen atoms in total. The number of hydrogen-bond acceptors (Lipinski definition) is 7. The molecule has 0 aliphatic heterocycles. The van der Waals surface area contributed by atoms with E-state index < -0.39 is 0 Å². The molecule has 6 N–H and O–H groups in total. The van der Waals surface area contributed by atoms with E-state index in [0.29, 0.717) is 35.2 Å². The van der Waals surface area contributed by atoms with Crippen LogP contribution in [-0.2, 0) is 19.0 Å². The van der Waals surface area contributed by atoms with Gasteiger partial charge in [0.2, 0.25) is 0 Å². The van der Waals surface area contributed by atoms with Gasteiger partial charge in [-0.05, 0) is 49.1 Å². The van der Waals surface area contributed by atoms with Crippen LogP contribution in [0.15, 0.2) is 42.7 Å². The molecule has 0 unspecified atom stereocenters. The Morgan fingerprint density at radius 3 is 2.46 bits per heavy atom. The Morgan fingerprint density at radius 2 is 1.90 bits per heavy atom. The molecule has 1 heterocycles. The molecular formula is C30H43N7O2. The molecule has 2 aromatic carbocycles. The second-order valence-electron chi connectivity index (χ2n) is 11.2. The fourth-order valence-electron chi connectivity index (χ4n) is 4.31. The quantitative estimate of drug-likeness (QED) is 0.232. The van der Waals surface area contributed by atoms with Crippen molar-refractivity contribution in [3.8, 4) is 5.75 Å². The van der Waals surface area contributed by atoms with E-state index in [1.54, 1.807) is 36.3 Å². The third-order valence-electron chi connectivity index (χ3n) is 6.71. The van der Waals surface area contributed by atoms with Crippen molar-refractivity contribution >= 4 is 23.0 Å². The molecule has 210 valence electrons. The van der Waals surface area contributed by atoms with Gasteiger partial charge in [-0.25, -0.2) is 5.84 Å². The molecule has 0 radical (unpaired) electrons. The topological polar surface area (TPSA) is 123 Å². The van der Waals surface area contributed by atoms with Gasteiger partial charge in [0.15, 0.2) is 0 Å². The van der Waals surface area contributed by atoms with Crippen molar-refractivity contribution in [2.75, 3.05) is 17.4 Å². The van der Waals surface area contributed by atoms with E-state index in [9.17, 15) is 4.79 Å². The first-order valence-electron chi connectivity index (χ1n) is 13.1. The summed E-state index contributed by atoms with van der Waals surface area (Å²) in [6, 6.07) is 9.68. The van der Waals surface area contributed by atoms with Crippen molar-refractivity contribution in [3.05, 3.63) is 76.2 Å². The van der Waals surface area contributed by atoms with Crippen molar-refractivity contribution in [2.45, 2.75) is 66.5 Å². The lowest BCUT2D eigenvalue weighted by Gasteiger charge is -2.26. The number of hydrogen-bond donors (Lipinski definition) is 4. The van der Waals surface area contributed by atoms with Gasteiger partial charge in [0.05, 0.1) is 24.7 Å². The second-order valence-corrected chi connectivity index (χ2v) is 11.2. The Balaban J connectivity index is 1.93. The number of aromatic nitrogens is 2. The first-order chi connectivity index (χ1) is 18.2. The number of methoxy groups -OCH3 is 1. The van der Waals surface area contributed by atoms with E-state index in [4.69, 9.17) is 16.3 Å². The average Bonchev–Trinajstić information content (AvgIpc) is 3.19. The molecule has 0 spiro atoms. The van der Waals surface area contributed by atoms with Crippen LogP contribution in [0.5, 0.6) is 5.75 Å². The highest BCUT2D eigenvalue weighted by Crippen LogP contribution is 2.37. The van der Waals surface area contributed by atoms with E-state index >= 15 is 0 Å². The predicted octanol–water partition coefficient (Wildman–Crippen LogP) is 4.73. The molecule has 1 amide bonds. The second kappa shape index (κ2) is 11.9. The summed E-state index contributed by atoms with van der Waals surface area (Å²) in [6.07, 6.45) is 3.35. The highest BCUT2D eigenvalue weighted by atomic mass is 16.5. The summed E-state index contributed by atoms with van der Waals surface area (Å²) in [4.78, 5) is 13.4. The van der Waals surface area contributed by atoms with Gasteiger partial charge in [0.25, 0.3) is 5.91 Å². The van der Waals surface area contributed by atoms with E-state index in [1.165, 1.54) is 5.01 Å². The Labute approximate surface area is 232 Å². The molecule has 0 bridgehead atoms. The van der Waals surface area contributed by atoms with Crippen LogP contribution in [0, 0.1) is 13.8 Å². The molecule has 1 aromatic heterocycles. The van der Waals surface area contributed by atoms with Gasteiger partial charge in [0.1, 0.15) is 5.75 Å². The van der Waals surface area contributed by atoms with Crippen LogP contribution in [0.4, 0.5) is 11.4 Å². The van der Waals surface area contributed by atoms with Crippen molar-refractivity contribution in [1.29, 1.82) is 0 Å². The highest BCUT2D eigenvalue weighted by molar-refractivity contribution is 6.05. The molecule has 0 atom stereocenters. The lowest BCUT2D eigenvalue weighted by Crippen LogP contribution is -2.27. The Kier molecular flexibility index (Phi) is 9.09. The summed E-state index contributed by atoms with van der Waals surface area (Å²) in [7, 11) is 3.54. The third kappa shape index (κ3) is 6.99. The maximum absolute atomic E-state index is 13.4. The zero-order valence-corrected chi connectivity index (χ0v) is 24.6. The number of carbonyl (C=O) groups is 1. The van der Waals surface area contributed by atoms with Crippen molar-refractivity contribution < 1.29 is 9.53 Å². The number of benzene rings is 2. The fraction of sp³-hybridized carbons (Fsp3) is 0.400. The first-order valence-corrected chi connectivity index (χ1v) is 13.1. The lowest BCUT2D eigenvalue weighted by molar-refractivity contribution is 0.102. The van der Waals surface area contributed by atoms with Gasteiger partial charge in [-0.3, -0.25) is 14.5 Å². The Morgan fingerprint density at radius 1 is 1.21 bits per heavy atom. The number of anilines is 2. The van der Waals surface area contributed by atoms with Gasteiger partial charge in [0, 0.05) is 59.5 Å². The molecule has 3 rings (SSSR count). The summed E-state index contributed by atoms with van der Waals surface area (Å²) in [5.74, 6) is 6.98. The van der Waals surface area contributed by atoms with Crippen LogP contribution >= 0.6 is 0 Å². The van der Waals surface area contributed by atoms with Crippen molar-refractivity contribution in [1.82, 2.24) is 15.1 Å². The van der Waals surface area contributed by atoms with Crippen LogP contribution in [0.1, 0.15) is 72.9 Å². The minimum absolute atomic E-state index is 0.186. The number of aryl methyl sites for hydroxylation is 2. The lowest BCUT2D eigenvalue weighted by atomic mass is 9.84. The van der Waals surface area contributed by atoms with Crippen LogP contribution in [0.2, 0.25) is 0 Å². The molecule has 0 aliphatic rings. The highest BCUT2D eigenvalue weighted by Gasteiger charge is 2.23. The smallest absolute Gasteiger partial charge is 0.255 e. The van der Waals surface area contributed by atoms with E-state index in [-0.39, 0.29) is 11.3 Å². The van der Waals surface area contributed by atoms with Crippen molar-refractivity contribution in [2.24, 2.45) is 18.6 Å². The van der Waals surface area contributed by atoms with Gasteiger partial charge in [-0.15, -0.1) is 0 Å². The van der Waals surface area contributed by atoms with E-state index in [0.717, 1.165) is 33.7 Å². The number of nitrogens with zero attached hydrogens (tertiary/aromatic N) is 3. The molecular weight excluding hydrogens is 490 g/mol. The summed E-state index contributed by atoms with van der Waals surface area (Å²) >= 11 is 0. The molecule has 39 heavy (non-hydrogen) atoms. The van der Waals surface area contributed by atoms with Crippen LogP contribution in [0.3, 0.4) is 0 Å². The summed E-state index contributed by atoms with van der Waals surface area (Å²) in [5, 5.41) is 12.2. The zero-order chi connectivity index (χ0) is 29.1. The van der Waals surface area contributed by atoms with Crippen LogP contribution in [0.25, 0.3) is 5.70 Å². The summed E-state index contributed by atoms with van der Waals surface area (Å²) in [6.45, 7) is 15.1. The standard InChI is InChI=1S/C30H43N7O2/c1-18(2)33-15-22-12-23(14-25(28(22)39-9)30(5,6)7)35-29(38)21-11-10-19(3)27(13-21)37(32)17-26(31)24-16-34-36(8)20(24)4/h10-14,16-18,33H,15,31-32H2,1-9H3,(H,35,38)/b26-17-. The number of nitrogens with one attached hydrogen (secondary N) is 2. The normalized spacial score (nSPS) is 12.1. The van der Waals surface area contributed by atoms with Gasteiger partial charge < -0.3 is 21.1 Å². The number of ether oxygens (including phenoxy) is 1. The van der Waals surface area contributed by atoms with E-state index in [2.05, 4.69) is 50.4 Å². The zero-order valence-electron chi connectivity index (χ0n) is 24.6. The molecule has 9 heteroatoms. The van der Waals surface area contributed by atoms with Gasteiger partial charge in [-0.1, -0.05) is 40.7 Å². The number of nitrogens with two attached hydrogens (primary N) is 2. The largest absolute Gasteiger partial charge is 0.496 e. The SMILES string of the molecule is COc1c(CNC(C)C)cc(NC(=O)c2ccc(C)c(N(N)/C=C(\N)c3cnn(C)c3C)c2)cc1C(C)(C)C. The van der Waals surface area contributed by atoms with E-state index in [1.807, 2.05) is 39.1 Å². The minimum atomic E-state index is -0.238. The molecule has 0 saturated carbocycles. The third-order valence-corrected chi connectivity index (χ3v) is 6.71. The van der Waals surface area contributed by atoms with Crippen molar-refractivity contribution in [3.63, 3.8) is 0 Å². The van der Waals surface area contributed by atoms with Crippen LogP contribution < -0.4 is 32.0 Å². The first kappa shape index (κ1) is 29.7. The predicted molar refractivity (Wildman–Crippen MR) is 160 cm³/mol. The number of carbonyl (C=O) groups excluding carboxylic acids is 1. The summed E-state index contributed by atoms with van der Waals surface area (Å²) < 4.78 is 7.57. The number of rotatable bonds is 9. The molecule has 3 aromatic rings. The number of hydrazine groups is 1. The van der Waals surface area contributed by atoms with Crippen LogP contribution in [-0.4, -0.2) is 28.8 Å². The summed E-state index contributed by atoms with van der Waals surface area (Å²) in [5.41, 5.74) is 13.1. The monoisotopic (exact) mass is 533 g/mol.